The van der Waals surface area contributed by atoms with Crippen LogP contribution in [0.2, 0.25) is 5.02 Å². The van der Waals surface area contributed by atoms with Crippen LogP contribution < -0.4 is 11.1 Å². The van der Waals surface area contributed by atoms with E-state index in [1.807, 2.05) is 25.1 Å². The lowest BCUT2D eigenvalue weighted by molar-refractivity contribution is -0.121. The molecule has 16 heavy (non-hydrogen) atoms. The van der Waals surface area contributed by atoms with E-state index < -0.39 is 0 Å². The first-order valence-corrected chi connectivity index (χ1v) is 5.78. The molecule has 1 aromatic rings. The van der Waals surface area contributed by atoms with Crippen LogP contribution in [0, 0.1) is 0 Å². The summed E-state index contributed by atoms with van der Waals surface area (Å²) in [5.41, 5.74) is 6.36. The first-order chi connectivity index (χ1) is 7.67. The Hall–Kier alpha value is -1.06. The Morgan fingerprint density at radius 2 is 2.19 bits per heavy atom. The minimum atomic E-state index is -0.0367. The maximum absolute atomic E-state index is 11.7. The van der Waals surface area contributed by atoms with E-state index in [1.165, 1.54) is 0 Å². The standard InChI is InChI=1S/C12H17ClN2O/c1-2-10(8-14)15-12(16)7-9-5-3-4-6-11(9)13/h3-6,10H,2,7-8,14H2,1H3,(H,15,16). The number of hydrogen-bond acceptors (Lipinski definition) is 2. The minimum Gasteiger partial charge on any atom is -0.352 e. The quantitative estimate of drug-likeness (QED) is 0.824. The molecule has 1 atom stereocenters. The zero-order valence-electron chi connectivity index (χ0n) is 9.37. The number of rotatable bonds is 5. The highest BCUT2D eigenvalue weighted by Gasteiger charge is 2.10. The van der Waals surface area contributed by atoms with Crippen LogP contribution in [0.1, 0.15) is 18.9 Å². The maximum Gasteiger partial charge on any atom is 0.224 e. The summed E-state index contributed by atoms with van der Waals surface area (Å²) in [4.78, 5) is 11.7. The molecule has 0 saturated carbocycles. The predicted octanol–water partition coefficient (Wildman–Crippen LogP) is 1.74. The predicted molar refractivity (Wildman–Crippen MR) is 66.4 cm³/mol. The third-order valence-electron chi connectivity index (χ3n) is 2.45. The first kappa shape index (κ1) is 13.0. The van der Waals surface area contributed by atoms with Gasteiger partial charge in [0, 0.05) is 17.6 Å². The lowest BCUT2D eigenvalue weighted by Crippen LogP contribution is -2.40. The zero-order valence-corrected chi connectivity index (χ0v) is 10.1. The van der Waals surface area contributed by atoms with Crippen molar-refractivity contribution >= 4 is 17.5 Å². The van der Waals surface area contributed by atoms with Crippen molar-refractivity contribution in [1.29, 1.82) is 0 Å². The van der Waals surface area contributed by atoms with Gasteiger partial charge in [-0.1, -0.05) is 36.7 Å². The van der Waals surface area contributed by atoms with Crippen LogP contribution in [0.5, 0.6) is 0 Å². The summed E-state index contributed by atoms with van der Waals surface area (Å²) < 4.78 is 0. The summed E-state index contributed by atoms with van der Waals surface area (Å²) in [5, 5.41) is 3.49. The number of amides is 1. The number of hydrogen-bond donors (Lipinski definition) is 2. The lowest BCUT2D eigenvalue weighted by atomic mass is 10.1. The maximum atomic E-state index is 11.7. The van der Waals surface area contributed by atoms with Crippen molar-refractivity contribution in [3.05, 3.63) is 34.9 Å². The second kappa shape index (κ2) is 6.51. The molecule has 0 aliphatic rings. The van der Waals surface area contributed by atoms with E-state index >= 15 is 0 Å². The molecule has 0 aliphatic heterocycles. The van der Waals surface area contributed by atoms with Gasteiger partial charge in [-0.3, -0.25) is 4.79 Å². The molecule has 1 rings (SSSR count). The molecule has 0 aliphatic carbocycles. The van der Waals surface area contributed by atoms with Crippen molar-refractivity contribution < 1.29 is 4.79 Å². The van der Waals surface area contributed by atoms with Gasteiger partial charge in [-0.2, -0.15) is 0 Å². The van der Waals surface area contributed by atoms with E-state index in [0.717, 1.165) is 12.0 Å². The summed E-state index contributed by atoms with van der Waals surface area (Å²) in [6, 6.07) is 7.40. The number of halogens is 1. The molecule has 0 radical (unpaired) electrons. The summed E-state index contributed by atoms with van der Waals surface area (Å²) >= 11 is 5.97. The Bertz CT molecular complexity index is 351. The normalized spacial score (nSPS) is 12.2. The van der Waals surface area contributed by atoms with Crippen molar-refractivity contribution in [3.63, 3.8) is 0 Å². The molecule has 4 heteroatoms. The zero-order chi connectivity index (χ0) is 12.0. The molecule has 0 fully saturated rings. The number of carbonyl (C=O) groups is 1. The summed E-state index contributed by atoms with van der Waals surface area (Å²) in [6.07, 6.45) is 1.14. The molecule has 0 spiro atoms. The fourth-order valence-corrected chi connectivity index (χ4v) is 1.62. The summed E-state index contributed by atoms with van der Waals surface area (Å²) in [6.45, 7) is 2.46. The smallest absolute Gasteiger partial charge is 0.224 e. The van der Waals surface area contributed by atoms with Gasteiger partial charge < -0.3 is 11.1 Å². The van der Waals surface area contributed by atoms with Gasteiger partial charge in [0.2, 0.25) is 5.91 Å². The van der Waals surface area contributed by atoms with E-state index in [0.29, 0.717) is 18.0 Å². The topological polar surface area (TPSA) is 55.1 Å². The molecule has 0 aromatic heterocycles. The van der Waals surface area contributed by atoms with E-state index in [9.17, 15) is 4.79 Å². The van der Waals surface area contributed by atoms with Crippen molar-refractivity contribution in [3.8, 4) is 0 Å². The number of nitrogens with two attached hydrogens (primary N) is 1. The fraction of sp³-hybridized carbons (Fsp3) is 0.417. The Labute approximate surface area is 101 Å². The van der Waals surface area contributed by atoms with Gasteiger partial charge in [0.25, 0.3) is 0 Å². The Kier molecular flexibility index (Phi) is 5.29. The second-order valence-electron chi connectivity index (χ2n) is 3.68. The third-order valence-corrected chi connectivity index (χ3v) is 2.82. The molecule has 0 saturated heterocycles. The highest BCUT2D eigenvalue weighted by molar-refractivity contribution is 6.31. The molecule has 1 aromatic carbocycles. The van der Waals surface area contributed by atoms with E-state index in [2.05, 4.69) is 5.32 Å². The second-order valence-corrected chi connectivity index (χ2v) is 4.08. The molecule has 1 unspecified atom stereocenters. The van der Waals surface area contributed by atoms with Crippen LogP contribution in [-0.4, -0.2) is 18.5 Å². The molecule has 0 bridgehead atoms. The van der Waals surface area contributed by atoms with Crippen molar-refractivity contribution in [2.75, 3.05) is 6.54 Å². The van der Waals surface area contributed by atoms with Gasteiger partial charge in [-0.15, -0.1) is 0 Å². The number of carbonyl (C=O) groups excluding carboxylic acids is 1. The third kappa shape index (κ3) is 3.83. The van der Waals surface area contributed by atoms with Gasteiger partial charge in [-0.25, -0.2) is 0 Å². The van der Waals surface area contributed by atoms with Crippen molar-refractivity contribution in [2.24, 2.45) is 5.73 Å². The lowest BCUT2D eigenvalue weighted by Gasteiger charge is -2.14. The Balaban J connectivity index is 2.55. The highest BCUT2D eigenvalue weighted by Crippen LogP contribution is 2.15. The van der Waals surface area contributed by atoms with Crippen LogP contribution in [0.25, 0.3) is 0 Å². The number of benzene rings is 1. The monoisotopic (exact) mass is 240 g/mol. The van der Waals surface area contributed by atoms with E-state index in [-0.39, 0.29) is 11.9 Å². The largest absolute Gasteiger partial charge is 0.352 e. The average Bonchev–Trinajstić information content (AvgIpc) is 2.29. The van der Waals surface area contributed by atoms with Gasteiger partial charge in [0.15, 0.2) is 0 Å². The van der Waals surface area contributed by atoms with Crippen LogP contribution in [0.3, 0.4) is 0 Å². The molecule has 3 nitrogen and oxygen atoms in total. The Morgan fingerprint density at radius 1 is 1.50 bits per heavy atom. The van der Waals surface area contributed by atoms with Crippen LogP contribution in [0.15, 0.2) is 24.3 Å². The minimum absolute atomic E-state index is 0.0367. The van der Waals surface area contributed by atoms with Gasteiger partial charge in [0.05, 0.1) is 6.42 Å². The number of nitrogens with one attached hydrogen (secondary N) is 1. The van der Waals surface area contributed by atoms with Crippen molar-refractivity contribution in [2.45, 2.75) is 25.8 Å². The van der Waals surface area contributed by atoms with Crippen LogP contribution >= 0.6 is 11.6 Å². The molecule has 1 amide bonds. The van der Waals surface area contributed by atoms with E-state index in [4.69, 9.17) is 17.3 Å². The van der Waals surface area contributed by atoms with Gasteiger partial charge in [0.1, 0.15) is 0 Å². The molecular formula is C12H17ClN2O. The summed E-state index contributed by atoms with van der Waals surface area (Å²) in [7, 11) is 0. The summed E-state index contributed by atoms with van der Waals surface area (Å²) in [5.74, 6) is -0.0367. The first-order valence-electron chi connectivity index (χ1n) is 5.40. The molecular weight excluding hydrogens is 224 g/mol. The van der Waals surface area contributed by atoms with Gasteiger partial charge in [-0.05, 0) is 18.1 Å². The Morgan fingerprint density at radius 3 is 2.75 bits per heavy atom. The van der Waals surface area contributed by atoms with Crippen molar-refractivity contribution in [1.82, 2.24) is 5.32 Å². The SMILES string of the molecule is CCC(CN)NC(=O)Cc1ccccc1Cl. The van der Waals surface area contributed by atoms with Crippen LogP contribution in [0.4, 0.5) is 0 Å². The van der Waals surface area contributed by atoms with Gasteiger partial charge >= 0.3 is 0 Å². The van der Waals surface area contributed by atoms with E-state index in [1.54, 1.807) is 6.07 Å². The van der Waals surface area contributed by atoms with Crippen LogP contribution in [-0.2, 0) is 11.2 Å². The highest BCUT2D eigenvalue weighted by atomic mass is 35.5. The molecule has 0 heterocycles. The fourth-order valence-electron chi connectivity index (χ4n) is 1.42. The molecule has 3 N–H and O–H groups in total. The average molecular weight is 241 g/mol. The molecule has 88 valence electrons.